The summed E-state index contributed by atoms with van der Waals surface area (Å²) < 4.78 is 0. The van der Waals surface area contributed by atoms with Gasteiger partial charge in [-0.05, 0) is 110 Å². The third-order valence-corrected chi connectivity index (χ3v) is 13.0. The molecule has 0 radical (unpaired) electrons. The maximum atomic E-state index is 3.50. The van der Waals surface area contributed by atoms with Gasteiger partial charge in [-0.1, -0.05) is 153 Å². The average Bonchev–Trinajstić information content (AvgIpc) is 3.48. The first kappa shape index (κ1) is 33.8. The van der Waals surface area contributed by atoms with Crippen LogP contribution in [0, 0.1) is 17.8 Å². The molecular weight excluding hydrogens is 689 g/mol. The summed E-state index contributed by atoms with van der Waals surface area (Å²) in [5.74, 6) is 7.62. The van der Waals surface area contributed by atoms with Crippen LogP contribution in [0.3, 0.4) is 0 Å². The van der Waals surface area contributed by atoms with Crippen molar-refractivity contribution in [2.24, 2.45) is 5.92 Å². The Labute approximate surface area is 336 Å². The number of benzene rings is 6. The molecule has 0 spiro atoms. The van der Waals surface area contributed by atoms with Gasteiger partial charge in [0.1, 0.15) is 0 Å². The van der Waals surface area contributed by atoms with Gasteiger partial charge in [0.05, 0.1) is 0 Å². The van der Waals surface area contributed by atoms with E-state index in [1.807, 2.05) is 0 Å². The van der Waals surface area contributed by atoms with E-state index in [1.165, 1.54) is 89.8 Å². The third-order valence-electron chi connectivity index (χ3n) is 13.0. The number of allylic oxidation sites excluding steroid dienone is 5. The minimum atomic E-state index is -0.0148. The molecule has 2 nitrogen and oxygen atoms in total. The molecule has 274 valence electrons. The second-order valence-corrected chi connectivity index (χ2v) is 16.7. The Kier molecular flexibility index (Phi) is 7.87. The molecule has 6 aromatic carbocycles. The van der Waals surface area contributed by atoms with Gasteiger partial charge in [0.25, 0.3) is 0 Å². The van der Waals surface area contributed by atoms with E-state index in [9.17, 15) is 0 Å². The second-order valence-electron chi connectivity index (χ2n) is 16.7. The summed E-state index contributed by atoms with van der Waals surface area (Å²) in [4.78, 5) is 4.95. The van der Waals surface area contributed by atoms with Crippen LogP contribution in [0.2, 0.25) is 0 Å². The minimum absolute atomic E-state index is 0.0148. The van der Waals surface area contributed by atoms with Crippen LogP contribution in [-0.4, -0.2) is 0 Å². The van der Waals surface area contributed by atoms with E-state index in [1.54, 1.807) is 0 Å². The fourth-order valence-electron chi connectivity index (χ4n) is 10.2. The molecule has 57 heavy (non-hydrogen) atoms. The molecule has 0 fully saturated rings. The number of hydrogen-bond donors (Lipinski definition) is 0. The number of fused-ring (bicyclic) bond motifs is 6. The second kappa shape index (κ2) is 13.3. The summed E-state index contributed by atoms with van der Waals surface area (Å²) in [5, 5.41) is 0. The van der Waals surface area contributed by atoms with E-state index in [0.717, 1.165) is 25.7 Å². The van der Waals surface area contributed by atoms with Crippen molar-refractivity contribution in [3.8, 4) is 23.0 Å². The van der Waals surface area contributed by atoms with Crippen LogP contribution in [0.1, 0.15) is 71.6 Å². The predicted molar refractivity (Wildman–Crippen MR) is 238 cm³/mol. The van der Waals surface area contributed by atoms with Crippen molar-refractivity contribution in [3.05, 3.63) is 214 Å². The van der Waals surface area contributed by atoms with Gasteiger partial charge in [-0.2, -0.15) is 0 Å². The summed E-state index contributed by atoms with van der Waals surface area (Å²) >= 11 is 0. The molecule has 3 aliphatic carbocycles. The molecule has 6 aromatic rings. The molecule has 5 aliphatic rings. The number of nitrogens with zero attached hydrogens (tertiary/aromatic N) is 2. The van der Waals surface area contributed by atoms with Gasteiger partial charge in [-0.15, -0.1) is 0 Å². The van der Waals surface area contributed by atoms with Crippen LogP contribution in [0.25, 0.3) is 23.3 Å². The highest BCUT2D eigenvalue weighted by Crippen LogP contribution is 2.55. The van der Waals surface area contributed by atoms with E-state index >= 15 is 0 Å². The van der Waals surface area contributed by atoms with Crippen molar-refractivity contribution in [1.82, 2.24) is 0 Å². The standard InChI is InChI=1S/C55H44N2/c1-55(2)49-32-38(27-29-47(49)48-30-28-46(36-50(48)55)57-53-23-9-5-16-43(53)34-44-17-6-10-24-54(44)57)26-25-37-13-11-18-39(31-37)40-19-12-20-45(35-40)56-51-21-7-3-14-41(51)33-42-15-4-8-22-52(42)56/h3-5,7-9,11-16,18-23,25-32,35-36,48,50H,10,24,33-34H2,1-2H3/b26-25+. The molecule has 0 saturated carbocycles. The minimum Gasteiger partial charge on any atom is -0.313 e. The molecule has 2 aliphatic heterocycles. The third kappa shape index (κ3) is 5.64. The number of hydrogen-bond acceptors (Lipinski definition) is 2. The lowest BCUT2D eigenvalue weighted by Gasteiger charge is -2.39. The first-order valence-electron chi connectivity index (χ1n) is 20.5. The van der Waals surface area contributed by atoms with Gasteiger partial charge in [-0.25, -0.2) is 0 Å². The van der Waals surface area contributed by atoms with Crippen LogP contribution < -0.4 is 9.80 Å². The van der Waals surface area contributed by atoms with E-state index in [-0.39, 0.29) is 5.41 Å². The smallest absolute Gasteiger partial charge is 0.0497 e. The van der Waals surface area contributed by atoms with E-state index in [2.05, 4.69) is 205 Å². The van der Waals surface area contributed by atoms with Gasteiger partial charge in [-0.3, -0.25) is 0 Å². The van der Waals surface area contributed by atoms with Crippen LogP contribution in [0.4, 0.5) is 22.7 Å². The molecule has 0 amide bonds. The van der Waals surface area contributed by atoms with Gasteiger partial charge >= 0.3 is 0 Å². The Morgan fingerprint density at radius 1 is 0.632 bits per heavy atom. The van der Waals surface area contributed by atoms with Crippen molar-refractivity contribution in [3.63, 3.8) is 0 Å². The van der Waals surface area contributed by atoms with Crippen molar-refractivity contribution in [2.75, 3.05) is 9.80 Å². The fourth-order valence-corrected chi connectivity index (χ4v) is 10.2. The van der Waals surface area contributed by atoms with Crippen molar-refractivity contribution < 1.29 is 0 Å². The highest BCUT2D eigenvalue weighted by molar-refractivity contribution is 5.86. The van der Waals surface area contributed by atoms with Crippen molar-refractivity contribution >= 4 is 34.9 Å². The first-order valence-corrected chi connectivity index (χ1v) is 20.5. The Bertz CT molecular complexity index is 2770. The number of anilines is 4. The quantitative estimate of drug-likeness (QED) is 0.128. The zero-order valence-corrected chi connectivity index (χ0v) is 32.5. The summed E-state index contributed by atoms with van der Waals surface area (Å²) in [6, 6.07) is 51.5. The molecule has 0 bridgehead atoms. The summed E-state index contributed by atoms with van der Waals surface area (Å²) in [7, 11) is 0. The number of rotatable bonds is 5. The average molecular weight is 733 g/mol. The fraction of sp³-hybridized carbons (Fsp3) is 0.164. The summed E-state index contributed by atoms with van der Waals surface area (Å²) in [5.41, 5.74) is 20.8. The Morgan fingerprint density at radius 2 is 1.28 bits per heavy atom. The molecule has 0 saturated heterocycles. The maximum Gasteiger partial charge on any atom is 0.0497 e. The van der Waals surface area contributed by atoms with Gasteiger partial charge in [0.2, 0.25) is 0 Å². The largest absolute Gasteiger partial charge is 0.313 e. The lowest BCUT2D eigenvalue weighted by atomic mass is 9.73. The summed E-state index contributed by atoms with van der Waals surface area (Å²) in [6.45, 7) is 4.88. The van der Waals surface area contributed by atoms with Gasteiger partial charge in [0, 0.05) is 64.9 Å². The lowest BCUT2D eigenvalue weighted by Crippen LogP contribution is -2.32. The zero-order chi connectivity index (χ0) is 38.1. The van der Waals surface area contributed by atoms with Gasteiger partial charge in [0.15, 0.2) is 0 Å². The first-order chi connectivity index (χ1) is 28.0. The van der Waals surface area contributed by atoms with E-state index < -0.39 is 0 Å². The Hall–Kier alpha value is -6.56. The Balaban J connectivity index is 0.873. The van der Waals surface area contributed by atoms with Gasteiger partial charge < -0.3 is 9.80 Å². The molecule has 0 aromatic heterocycles. The van der Waals surface area contributed by atoms with Crippen LogP contribution in [0.5, 0.6) is 0 Å². The molecule has 0 N–H and O–H groups in total. The molecule has 11 rings (SSSR count). The highest BCUT2D eigenvalue weighted by Gasteiger charge is 2.46. The number of para-hydroxylation sites is 3. The van der Waals surface area contributed by atoms with E-state index in [4.69, 9.17) is 0 Å². The summed E-state index contributed by atoms with van der Waals surface area (Å²) in [6.07, 6.45) is 15.8. The van der Waals surface area contributed by atoms with Crippen molar-refractivity contribution in [1.29, 1.82) is 0 Å². The maximum absolute atomic E-state index is 3.50. The van der Waals surface area contributed by atoms with Crippen LogP contribution >= 0.6 is 0 Å². The molecule has 2 heterocycles. The monoisotopic (exact) mass is 732 g/mol. The highest BCUT2D eigenvalue weighted by atomic mass is 15.2. The SMILES string of the molecule is CC1(C)c2cc(/C=C/c3cccc(-c4cccc(N5c6ccccc6Cc6ccccc65)c4)c3)ccc2C2C=CC(N3C4=C(C#CCC4)Cc4ccccc43)=CC21. The Morgan fingerprint density at radius 3 is 2.04 bits per heavy atom. The van der Waals surface area contributed by atoms with Crippen LogP contribution in [0.15, 0.2) is 175 Å². The predicted octanol–water partition coefficient (Wildman–Crippen LogP) is 13.5. The zero-order valence-electron chi connectivity index (χ0n) is 32.5. The van der Waals surface area contributed by atoms with Crippen LogP contribution in [-0.2, 0) is 18.3 Å². The van der Waals surface area contributed by atoms with E-state index in [0.29, 0.717) is 11.8 Å². The topological polar surface area (TPSA) is 6.48 Å². The molecule has 2 heteroatoms. The lowest BCUT2D eigenvalue weighted by molar-refractivity contribution is 0.392. The molecule has 2 unspecified atom stereocenters. The normalized spacial score (nSPS) is 19.4. The molecular formula is C55H44N2. The molecule has 2 atom stereocenters. The van der Waals surface area contributed by atoms with Crippen molar-refractivity contribution in [2.45, 2.75) is 50.9 Å².